The zero-order valence-corrected chi connectivity index (χ0v) is 8.84. The molecule has 0 saturated heterocycles. The minimum absolute atomic E-state index is 0.222. The Morgan fingerprint density at radius 1 is 1.21 bits per heavy atom. The van der Waals surface area contributed by atoms with Crippen molar-refractivity contribution in [2.24, 2.45) is 7.05 Å². The summed E-state index contributed by atoms with van der Waals surface area (Å²) in [7, 11) is 1.75. The van der Waals surface area contributed by atoms with Crippen molar-refractivity contribution in [1.29, 1.82) is 0 Å². The smallest absolute Gasteiger partial charge is 0.343 e. The monoisotopic (exact) mass is 255 g/mol. The van der Waals surface area contributed by atoms with Crippen molar-refractivity contribution in [2.75, 3.05) is 0 Å². The standard InChI is InChI=1S/C7H6BrN5O/c1-13-4-11-7(12-13)14-6-9-2-5(8)3-10-6/h2-4H,1H3. The predicted octanol–water partition coefficient (Wildman–Crippen LogP) is 1.16. The molecular weight excluding hydrogens is 250 g/mol. The van der Waals surface area contributed by atoms with E-state index >= 15 is 0 Å². The van der Waals surface area contributed by atoms with Crippen LogP contribution in [0, 0.1) is 0 Å². The molecule has 0 fully saturated rings. The summed E-state index contributed by atoms with van der Waals surface area (Å²) in [6.45, 7) is 0. The highest BCUT2D eigenvalue weighted by Crippen LogP contribution is 2.12. The maximum atomic E-state index is 5.17. The molecule has 0 atom stereocenters. The summed E-state index contributed by atoms with van der Waals surface area (Å²) in [5.41, 5.74) is 0. The Labute approximate surface area is 88.1 Å². The fraction of sp³-hybridized carbons (Fsp3) is 0.143. The Kier molecular flexibility index (Phi) is 2.40. The van der Waals surface area contributed by atoms with E-state index in [1.165, 1.54) is 11.0 Å². The number of hydrogen-bond acceptors (Lipinski definition) is 5. The van der Waals surface area contributed by atoms with Gasteiger partial charge < -0.3 is 4.74 Å². The van der Waals surface area contributed by atoms with Gasteiger partial charge in [0.1, 0.15) is 6.33 Å². The van der Waals surface area contributed by atoms with Gasteiger partial charge in [-0.25, -0.2) is 9.97 Å². The van der Waals surface area contributed by atoms with Crippen LogP contribution in [-0.2, 0) is 7.05 Å². The molecule has 0 aromatic carbocycles. The van der Waals surface area contributed by atoms with Gasteiger partial charge in [-0.15, -0.1) is 5.10 Å². The van der Waals surface area contributed by atoms with Crippen LogP contribution in [0.5, 0.6) is 12.0 Å². The van der Waals surface area contributed by atoms with Gasteiger partial charge in [-0.05, 0) is 15.9 Å². The summed E-state index contributed by atoms with van der Waals surface area (Å²) in [6.07, 6.45) is 4.71. The minimum atomic E-state index is 0.222. The van der Waals surface area contributed by atoms with Crippen molar-refractivity contribution in [2.45, 2.75) is 0 Å². The largest absolute Gasteiger partial charge is 0.387 e. The van der Waals surface area contributed by atoms with Crippen LogP contribution < -0.4 is 4.74 Å². The molecule has 0 N–H and O–H groups in total. The average Bonchev–Trinajstić information content (AvgIpc) is 2.56. The molecule has 6 nitrogen and oxygen atoms in total. The van der Waals surface area contributed by atoms with Gasteiger partial charge in [0.2, 0.25) is 0 Å². The lowest BCUT2D eigenvalue weighted by atomic mass is 10.7. The van der Waals surface area contributed by atoms with Crippen LogP contribution in [0.2, 0.25) is 0 Å². The van der Waals surface area contributed by atoms with Crippen molar-refractivity contribution < 1.29 is 4.74 Å². The lowest BCUT2D eigenvalue weighted by Crippen LogP contribution is -1.93. The SMILES string of the molecule is Cn1cnc(Oc2ncc(Br)cn2)n1. The third-order valence-electron chi connectivity index (χ3n) is 1.36. The molecule has 2 aromatic rings. The molecule has 0 aliphatic rings. The van der Waals surface area contributed by atoms with E-state index in [1.807, 2.05) is 0 Å². The molecule has 2 aromatic heterocycles. The first-order valence-corrected chi connectivity index (χ1v) is 4.54. The van der Waals surface area contributed by atoms with E-state index in [2.05, 4.69) is 36.0 Å². The average molecular weight is 256 g/mol. The summed E-state index contributed by atoms with van der Waals surface area (Å²) in [4.78, 5) is 11.7. The van der Waals surface area contributed by atoms with Crippen LogP contribution in [0.1, 0.15) is 0 Å². The van der Waals surface area contributed by atoms with E-state index in [9.17, 15) is 0 Å². The number of aryl methyl sites for hydroxylation is 1. The van der Waals surface area contributed by atoms with Crippen molar-refractivity contribution in [1.82, 2.24) is 24.7 Å². The molecule has 0 aliphatic heterocycles. The molecule has 0 aliphatic carbocycles. The first kappa shape index (κ1) is 9.07. The number of aromatic nitrogens is 5. The molecule has 2 heterocycles. The number of nitrogens with zero attached hydrogens (tertiary/aromatic N) is 5. The van der Waals surface area contributed by atoms with E-state index in [0.717, 1.165) is 4.47 Å². The fourth-order valence-electron chi connectivity index (χ4n) is 0.801. The molecular formula is C7H6BrN5O. The highest BCUT2D eigenvalue weighted by atomic mass is 79.9. The van der Waals surface area contributed by atoms with Crippen molar-refractivity contribution in [3.05, 3.63) is 23.2 Å². The second kappa shape index (κ2) is 3.70. The Morgan fingerprint density at radius 2 is 1.93 bits per heavy atom. The van der Waals surface area contributed by atoms with Gasteiger partial charge in [-0.3, -0.25) is 4.68 Å². The van der Waals surface area contributed by atoms with Crippen molar-refractivity contribution in [3.63, 3.8) is 0 Å². The van der Waals surface area contributed by atoms with Gasteiger partial charge in [0.25, 0.3) is 0 Å². The van der Waals surface area contributed by atoms with Crippen LogP contribution in [0.3, 0.4) is 0 Å². The Morgan fingerprint density at radius 3 is 2.50 bits per heavy atom. The quantitative estimate of drug-likeness (QED) is 0.806. The van der Waals surface area contributed by atoms with Crippen LogP contribution in [-0.4, -0.2) is 24.7 Å². The predicted molar refractivity (Wildman–Crippen MR) is 50.8 cm³/mol. The van der Waals surface area contributed by atoms with E-state index < -0.39 is 0 Å². The third kappa shape index (κ3) is 2.05. The van der Waals surface area contributed by atoms with Gasteiger partial charge in [-0.1, -0.05) is 0 Å². The zero-order valence-electron chi connectivity index (χ0n) is 7.25. The maximum absolute atomic E-state index is 5.17. The lowest BCUT2D eigenvalue weighted by molar-refractivity contribution is 0.404. The summed E-state index contributed by atoms with van der Waals surface area (Å²) in [5.74, 6) is 0. The van der Waals surface area contributed by atoms with Crippen LogP contribution in [0.15, 0.2) is 23.2 Å². The Hall–Kier alpha value is -1.50. The first-order chi connectivity index (χ1) is 6.74. The maximum Gasteiger partial charge on any atom is 0.343 e. The number of halogens is 1. The van der Waals surface area contributed by atoms with Crippen molar-refractivity contribution >= 4 is 15.9 Å². The highest BCUT2D eigenvalue weighted by molar-refractivity contribution is 9.10. The van der Waals surface area contributed by atoms with Crippen LogP contribution in [0.4, 0.5) is 0 Å². The van der Waals surface area contributed by atoms with E-state index in [1.54, 1.807) is 19.4 Å². The molecule has 0 spiro atoms. The molecule has 0 saturated carbocycles. The molecule has 72 valence electrons. The van der Waals surface area contributed by atoms with Gasteiger partial charge in [0, 0.05) is 19.4 Å². The fourth-order valence-corrected chi connectivity index (χ4v) is 1.01. The van der Waals surface area contributed by atoms with Gasteiger partial charge in [0.05, 0.1) is 4.47 Å². The van der Waals surface area contributed by atoms with Gasteiger partial charge in [0.15, 0.2) is 0 Å². The molecule has 7 heteroatoms. The first-order valence-electron chi connectivity index (χ1n) is 3.75. The molecule has 0 radical (unpaired) electrons. The molecule has 0 amide bonds. The second-order valence-corrected chi connectivity index (χ2v) is 3.40. The topological polar surface area (TPSA) is 65.7 Å². The Bertz CT molecular complexity index is 426. The van der Waals surface area contributed by atoms with Crippen LogP contribution >= 0.6 is 15.9 Å². The molecule has 0 unspecified atom stereocenters. The van der Waals surface area contributed by atoms with E-state index in [4.69, 9.17) is 4.74 Å². The van der Waals surface area contributed by atoms with E-state index in [0.29, 0.717) is 0 Å². The number of ether oxygens (including phenoxy) is 1. The summed E-state index contributed by atoms with van der Waals surface area (Å²) in [6, 6.07) is 0.453. The summed E-state index contributed by atoms with van der Waals surface area (Å²) < 4.78 is 7.49. The molecule has 2 rings (SSSR count). The normalized spacial score (nSPS) is 10.1. The lowest BCUT2D eigenvalue weighted by Gasteiger charge is -1.96. The Balaban J connectivity index is 2.15. The van der Waals surface area contributed by atoms with E-state index in [-0.39, 0.29) is 12.0 Å². The number of rotatable bonds is 2. The second-order valence-electron chi connectivity index (χ2n) is 2.49. The minimum Gasteiger partial charge on any atom is -0.387 e. The van der Waals surface area contributed by atoms with Crippen molar-refractivity contribution in [3.8, 4) is 12.0 Å². The van der Waals surface area contributed by atoms with Crippen LogP contribution in [0.25, 0.3) is 0 Å². The summed E-state index contributed by atoms with van der Waals surface area (Å²) in [5, 5.41) is 3.92. The van der Waals surface area contributed by atoms with Gasteiger partial charge in [-0.2, -0.15) is 4.98 Å². The molecule has 14 heavy (non-hydrogen) atoms. The zero-order chi connectivity index (χ0) is 9.97. The molecule has 0 bridgehead atoms. The third-order valence-corrected chi connectivity index (χ3v) is 1.77. The van der Waals surface area contributed by atoms with Gasteiger partial charge >= 0.3 is 12.0 Å². The number of hydrogen-bond donors (Lipinski definition) is 0. The summed E-state index contributed by atoms with van der Waals surface area (Å²) >= 11 is 3.22. The highest BCUT2D eigenvalue weighted by Gasteiger charge is 2.03.